The fourth-order valence-corrected chi connectivity index (χ4v) is 14.9. The van der Waals surface area contributed by atoms with Gasteiger partial charge in [0.1, 0.15) is 46.0 Å². The second-order valence-electron chi connectivity index (χ2n) is 33.7. The molecule has 0 atom stereocenters. The maximum atomic E-state index is 12.8. The van der Waals surface area contributed by atoms with Crippen molar-refractivity contribution in [3.8, 4) is 46.0 Å². The van der Waals surface area contributed by atoms with Gasteiger partial charge in [0.2, 0.25) is 0 Å². The number of benzene rings is 12. The molecule has 138 heavy (non-hydrogen) atoms. The molecule has 0 spiro atoms. The van der Waals surface area contributed by atoms with Gasteiger partial charge in [-0.05, 0) is 276 Å². The number of hydrogen-bond acceptors (Lipinski definition) is 16. The number of ketones is 4. The van der Waals surface area contributed by atoms with Crippen LogP contribution in [0.1, 0.15) is 302 Å². The average molecular weight is 1940 g/mol. The minimum Gasteiger partial charge on any atom is -0.494 e. The highest BCUT2D eigenvalue weighted by Gasteiger charge is 2.29. The van der Waals surface area contributed by atoms with Crippen LogP contribution in [0.25, 0.3) is 0 Å². The summed E-state index contributed by atoms with van der Waals surface area (Å²) in [6, 6.07) is 74.8. The normalized spacial score (nSPS) is 10.8. The number of carbonyl (C=O) groups is 8. The fourth-order valence-electron chi connectivity index (χ4n) is 14.2. The first kappa shape index (κ1) is 109. The van der Waals surface area contributed by atoms with Crippen LogP contribution >= 0.6 is 34.8 Å². The van der Waals surface area contributed by atoms with E-state index in [9.17, 15) is 51.5 Å². The van der Waals surface area contributed by atoms with Crippen LogP contribution in [0.4, 0.5) is 13.2 Å². The van der Waals surface area contributed by atoms with Gasteiger partial charge in [0.05, 0.1) is 52.1 Å². The highest BCUT2D eigenvalue weighted by Crippen LogP contribution is 2.32. The Labute approximate surface area is 824 Å². The van der Waals surface area contributed by atoms with E-state index < -0.39 is 42.4 Å². The van der Waals surface area contributed by atoms with Crippen molar-refractivity contribution in [3.63, 3.8) is 0 Å². The number of halogens is 6. The van der Waals surface area contributed by atoms with Crippen molar-refractivity contribution in [2.24, 2.45) is 0 Å². The molecule has 0 aliphatic carbocycles. The van der Waals surface area contributed by atoms with Crippen LogP contribution in [0, 0.1) is 27.7 Å². The minimum atomic E-state index is -4.46. The molecule has 0 N–H and O–H groups in total. The van der Waals surface area contributed by atoms with Gasteiger partial charge in [0.25, 0.3) is 0 Å². The van der Waals surface area contributed by atoms with Gasteiger partial charge < -0.3 is 37.9 Å². The molecule has 0 saturated heterocycles. The SMILES string of the molecule is CCCCCCCCCCOc1ccc(C(=O)Oc2ccc(C(=O)c3ccc(C)c(Cl)c3)cc2)cc1.CCCCCCCCCCOc1ccc(C(=O)Oc2ccc(C(=O)c3ccc(C)cc3Cl)cc2)cc1.CCCCCCCCCCOc1ccc(C(=O)Oc2ccc(C(=O)c3ccc(OCC(F)(F)F)cc3)cc2Cl)cc1.Cc1ccc(C(=O)Oc2ccc(C(=O)c3ccc(C)cc3)cc2)cc1. The van der Waals surface area contributed by atoms with Crippen LogP contribution in [-0.2, 0) is 0 Å². The van der Waals surface area contributed by atoms with E-state index in [1.54, 1.807) is 182 Å². The zero-order valence-electron chi connectivity index (χ0n) is 79.6. The largest absolute Gasteiger partial charge is 0.494 e. The smallest absolute Gasteiger partial charge is 0.422 e. The minimum absolute atomic E-state index is 0.0118. The molecule has 12 aromatic rings. The maximum Gasteiger partial charge on any atom is 0.422 e. The first-order chi connectivity index (χ1) is 66.6. The topological polar surface area (TPSA) is 210 Å². The van der Waals surface area contributed by atoms with Crippen LogP contribution in [0.2, 0.25) is 15.1 Å². The molecule has 0 radical (unpaired) electrons. The summed E-state index contributed by atoms with van der Waals surface area (Å²) >= 11 is 18.6. The third-order valence-corrected chi connectivity index (χ3v) is 23.4. The van der Waals surface area contributed by atoms with Gasteiger partial charge >= 0.3 is 30.1 Å². The lowest BCUT2D eigenvalue weighted by atomic mass is 10.0. The van der Waals surface area contributed by atoms with E-state index in [1.165, 1.54) is 171 Å². The number of esters is 4. The number of rotatable bonds is 48. The molecule has 12 rings (SSSR count). The molecule has 16 nitrogen and oxygen atoms in total. The summed E-state index contributed by atoms with van der Waals surface area (Å²) in [6.45, 7) is 15.0. The highest BCUT2D eigenvalue weighted by atomic mass is 35.5. The van der Waals surface area contributed by atoms with Gasteiger partial charge in [-0.2, -0.15) is 13.2 Å². The summed E-state index contributed by atoms with van der Waals surface area (Å²) < 4.78 is 80.6. The van der Waals surface area contributed by atoms with Crippen molar-refractivity contribution in [1.82, 2.24) is 0 Å². The van der Waals surface area contributed by atoms with Crippen LogP contribution in [0.15, 0.2) is 273 Å². The maximum absolute atomic E-state index is 12.8. The summed E-state index contributed by atoms with van der Waals surface area (Å²) in [6.07, 6.45) is 25.4. The predicted molar refractivity (Wildman–Crippen MR) is 541 cm³/mol. The number of hydrogen-bond donors (Lipinski definition) is 0. The van der Waals surface area contributed by atoms with E-state index in [4.69, 9.17) is 68.0 Å². The van der Waals surface area contributed by atoms with Crippen LogP contribution in [-0.4, -0.2) is 79.6 Å². The first-order valence-corrected chi connectivity index (χ1v) is 48.6. The van der Waals surface area contributed by atoms with Gasteiger partial charge in [-0.1, -0.05) is 256 Å². The molecule has 0 aromatic heterocycles. The zero-order chi connectivity index (χ0) is 99.0. The molecule has 0 bridgehead atoms. The molecule has 0 aliphatic rings. The summed E-state index contributed by atoms with van der Waals surface area (Å²) in [7, 11) is 0. The Morgan fingerprint density at radius 3 is 0.812 bits per heavy atom. The van der Waals surface area contributed by atoms with E-state index >= 15 is 0 Å². The molecule has 0 amide bonds. The lowest BCUT2D eigenvalue weighted by Crippen LogP contribution is -2.19. The lowest BCUT2D eigenvalue weighted by molar-refractivity contribution is -0.153. The molecule has 724 valence electrons. The molecule has 0 unspecified atom stereocenters. The van der Waals surface area contributed by atoms with Crippen molar-refractivity contribution in [2.75, 3.05) is 26.4 Å². The molecular weight excluding hydrogens is 1810 g/mol. The van der Waals surface area contributed by atoms with Gasteiger partial charge in [-0.15, -0.1) is 0 Å². The van der Waals surface area contributed by atoms with Gasteiger partial charge in [-0.25, -0.2) is 19.2 Å². The Bertz CT molecular complexity index is 5830. The van der Waals surface area contributed by atoms with E-state index in [0.717, 1.165) is 59.4 Å². The summed E-state index contributed by atoms with van der Waals surface area (Å²) in [4.78, 5) is 100. The highest BCUT2D eigenvalue weighted by molar-refractivity contribution is 6.35. The second kappa shape index (κ2) is 58.6. The molecule has 12 aromatic carbocycles. The van der Waals surface area contributed by atoms with Gasteiger partial charge in [0.15, 0.2) is 29.7 Å². The van der Waals surface area contributed by atoms with Crippen LogP contribution < -0.4 is 37.9 Å². The monoisotopic (exact) mass is 1930 g/mol. The van der Waals surface area contributed by atoms with Gasteiger partial charge in [0, 0.05) is 49.5 Å². The number of aryl methyl sites for hydroxylation is 4. The third kappa shape index (κ3) is 38.2. The molecular formula is C116H122Cl3F3O16. The lowest BCUT2D eigenvalue weighted by Gasteiger charge is -2.10. The number of alkyl halides is 3. The molecule has 0 fully saturated rings. The average Bonchev–Trinajstić information content (AvgIpc) is 0.834. The zero-order valence-corrected chi connectivity index (χ0v) is 81.8. The first-order valence-electron chi connectivity index (χ1n) is 47.5. The van der Waals surface area contributed by atoms with Crippen LogP contribution in [0.5, 0.6) is 46.0 Å². The van der Waals surface area contributed by atoms with Gasteiger partial charge in [-0.3, -0.25) is 19.2 Å². The van der Waals surface area contributed by atoms with Crippen molar-refractivity contribution >= 4 is 81.8 Å². The Morgan fingerprint density at radius 2 is 0.493 bits per heavy atom. The Hall–Kier alpha value is -12.9. The molecule has 0 saturated carbocycles. The van der Waals surface area contributed by atoms with Crippen molar-refractivity contribution in [3.05, 3.63) is 377 Å². The van der Waals surface area contributed by atoms with E-state index in [2.05, 4.69) is 25.5 Å². The van der Waals surface area contributed by atoms with E-state index in [-0.39, 0.29) is 45.0 Å². The standard InChI is InChI=1S/C32H34ClF3O5.2C31H35ClO4.C22H18O3/c1-2-3-4-5-6-7-8-9-20-39-26-17-12-24(13-18-26)31(38)41-29-19-14-25(21-28(29)33)30(37)23-10-15-27(16-11-23)40-22-32(34,35)36;1-3-4-5-6-7-8-9-10-21-35-26-16-14-25(15-17-26)31(34)36-27-18-12-24(13-19-27)30(33)28-20-11-23(2)22-29(28)32;1-3-4-5-6-7-8-9-10-21-35-27-17-15-25(16-18-27)31(34)36-28-19-13-24(14-20-28)30(33)26-12-11-23(2)29(32)22-26;1-15-3-7-17(8-4-15)21(23)18-11-13-20(14-12-18)25-22(24)19-9-5-16(2)6-10-19/h10-19,21H,2-9,20,22H2,1H3;2*11-20,22H,3-10,21H2,1-2H3;3-14H,1-2H3. The summed E-state index contributed by atoms with van der Waals surface area (Å²) in [5, 5.41) is 1.02. The molecule has 22 heteroatoms. The van der Waals surface area contributed by atoms with E-state index in [1.807, 2.05) is 76.2 Å². The summed E-state index contributed by atoms with van der Waals surface area (Å²) in [5.74, 6) is 0.615. The van der Waals surface area contributed by atoms with E-state index in [0.29, 0.717) is 108 Å². The van der Waals surface area contributed by atoms with Crippen LogP contribution in [0.3, 0.4) is 0 Å². The quantitative estimate of drug-likeness (QED) is 0.0150. The van der Waals surface area contributed by atoms with Crippen molar-refractivity contribution in [1.29, 1.82) is 0 Å². The summed E-state index contributed by atoms with van der Waals surface area (Å²) in [5.41, 5.74) is 9.32. The molecule has 0 heterocycles. The number of unbranched alkanes of at least 4 members (excludes halogenated alkanes) is 21. The van der Waals surface area contributed by atoms with Crippen molar-refractivity contribution < 1.29 is 89.4 Å². The Kier molecular flexibility index (Phi) is 46.2. The number of carbonyl (C=O) groups excluding carboxylic acids is 8. The van der Waals surface area contributed by atoms with Crippen molar-refractivity contribution in [2.45, 2.75) is 209 Å². The number of ether oxygens (including phenoxy) is 8. The Balaban J connectivity index is 0.000000208. The Morgan fingerprint density at radius 1 is 0.239 bits per heavy atom. The predicted octanol–water partition coefficient (Wildman–Crippen LogP) is 31.2. The fraction of sp³-hybridized carbons (Fsp3) is 0.310. The molecule has 0 aliphatic heterocycles. The second-order valence-corrected chi connectivity index (χ2v) is 35.0. The third-order valence-electron chi connectivity index (χ3n) is 22.4.